The topological polar surface area (TPSA) is 94.2 Å². The molecule has 0 fully saturated rings. The van der Waals surface area contributed by atoms with E-state index in [1.807, 2.05) is 71.9 Å². The van der Waals surface area contributed by atoms with E-state index < -0.39 is 18.2 Å². The highest BCUT2D eigenvalue weighted by Crippen LogP contribution is 2.23. The van der Waals surface area contributed by atoms with Crippen LogP contribution in [-0.2, 0) is 30.4 Å². The number of ether oxygens (including phenoxy) is 3. The summed E-state index contributed by atoms with van der Waals surface area (Å²) in [6.07, 6.45) is -0.386. The molecule has 1 aromatic carbocycles. The summed E-state index contributed by atoms with van der Waals surface area (Å²) in [6, 6.07) is 8.17. The molecule has 8 heteroatoms. The third-order valence-corrected chi connectivity index (χ3v) is 6.07. The van der Waals surface area contributed by atoms with E-state index in [0.717, 1.165) is 12.0 Å². The monoisotopic (exact) mass is 492 g/mol. The predicted octanol–water partition coefficient (Wildman–Crippen LogP) is 4.41. The van der Waals surface area contributed by atoms with Gasteiger partial charge in [-0.05, 0) is 23.3 Å². The molecule has 198 valence electrons. The van der Waals surface area contributed by atoms with Crippen molar-refractivity contribution < 1.29 is 28.6 Å². The molecular weight excluding hydrogens is 448 g/mol. The van der Waals surface area contributed by atoms with Crippen LogP contribution in [0.5, 0.6) is 0 Å². The lowest BCUT2D eigenvalue weighted by molar-refractivity contribution is -0.152. The number of nitrogens with one attached hydrogen (secondary N) is 1. The number of alkyl carbamates (subject to hydrolysis) is 1. The van der Waals surface area contributed by atoms with Crippen molar-refractivity contribution in [3.8, 4) is 0 Å². The van der Waals surface area contributed by atoms with E-state index in [9.17, 15) is 14.4 Å². The number of methoxy groups -OCH3 is 1. The molecule has 0 aliphatic heterocycles. The lowest BCUT2D eigenvalue weighted by Gasteiger charge is -2.39. The van der Waals surface area contributed by atoms with Gasteiger partial charge in [0.15, 0.2) is 0 Å². The van der Waals surface area contributed by atoms with E-state index in [1.54, 1.807) is 11.9 Å². The van der Waals surface area contributed by atoms with Crippen LogP contribution >= 0.6 is 0 Å². The summed E-state index contributed by atoms with van der Waals surface area (Å²) >= 11 is 0. The molecule has 0 radical (unpaired) electrons. The second kappa shape index (κ2) is 15.4. The number of rotatable bonds is 14. The van der Waals surface area contributed by atoms with E-state index in [2.05, 4.69) is 5.32 Å². The molecule has 0 aromatic heterocycles. The average molecular weight is 493 g/mol. The van der Waals surface area contributed by atoms with Crippen LogP contribution in [-0.4, -0.2) is 61.8 Å². The first-order chi connectivity index (χ1) is 16.5. The zero-order chi connectivity index (χ0) is 26.5. The van der Waals surface area contributed by atoms with Gasteiger partial charge in [-0.25, -0.2) is 4.79 Å². The van der Waals surface area contributed by atoms with Crippen molar-refractivity contribution in [3.63, 3.8) is 0 Å². The van der Waals surface area contributed by atoms with Crippen LogP contribution in [0.3, 0.4) is 0 Å². The Morgan fingerprint density at radius 1 is 1.00 bits per heavy atom. The van der Waals surface area contributed by atoms with Crippen molar-refractivity contribution in [2.24, 2.45) is 17.8 Å². The molecule has 0 aliphatic carbocycles. The maximum atomic E-state index is 13.6. The third-order valence-electron chi connectivity index (χ3n) is 6.07. The molecule has 4 atom stereocenters. The van der Waals surface area contributed by atoms with Gasteiger partial charge in [0.05, 0.1) is 25.2 Å². The number of hydrogen-bond donors (Lipinski definition) is 1. The van der Waals surface area contributed by atoms with Gasteiger partial charge in [0.25, 0.3) is 0 Å². The van der Waals surface area contributed by atoms with E-state index >= 15 is 0 Å². The number of nitrogens with zero attached hydrogens (tertiary/aromatic N) is 1. The normalized spacial score (nSPS) is 14.7. The van der Waals surface area contributed by atoms with Crippen LogP contribution in [0, 0.1) is 17.8 Å². The zero-order valence-corrected chi connectivity index (χ0v) is 22.6. The van der Waals surface area contributed by atoms with Gasteiger partial charge in [0.2, 0.25) is 5.91 Å². The van der Waals surface area contributed by atoms with Gasteiger partial charge in [0, 0.05) is 14.2 Å². The van der Waals surface area contributed by atoms with E-state index in [4.69, 9.17) is 14.2 Å². The summed E-state index contributed by atoms with van der Waals surface area (Å²) in [5.74, 6) is -0.523. The summed E-state index contributed by atoms with van der Waals surface area (Å²) in [7, 11) is 3.23. The quantitative estimate of drug-likeness (QED) is 0.387. The molecule has 1 rings (SSSR count). The fourth-order valence-electron chi connectivity index (χ4n) is 3.84. The highest BCUT2D eigenvalue weighted by molar-refractivity contribution is 5.86. The highest BCUT2D eigenvalue weighted by Gasteiger charge is 2.38. The predicted molar refractivity (Wildman–Crippen MR) is 136 cm³/mol. The molecule has 1 N–H and O–H groups in total. The smallest absolute Gasteiger partial charge is 0.408 e. The van der Waals surface area contributed by atoms with Crippen molar-refractivity contribution in [2.45, 2.75) is 79.2 Å². The van der Waals surface area contributed by atoms with Gasteiger partial charge >= 0.3 is 12.1 Å². The van der Waals surface area contributed by atoms with Crippen LogP contribution in [0.15, 0.2) is 30.3 Å². The Kier molecular flexibility index (Phi) is 13.4. The van der Waals surface area contributed by atoms with Crippen LogP contribution in [0.2, 0.25) is 0 Å². The Morgan fingerprint density at radius 2 is 1.63 bits per heavy atom. The van der Waals surface area contributed by atoms with Crippen LogP contribution in [0.1, 0.15) is 59.9 Å². The fourth-order valence-corrected chi connectivity index (χ4v) is 3.84. The molecule has 0 bridgehead atoms. The molecule has 0 unspecified atom stereocenters. The number of amides is 2. The second-order valence-electron chi connectivity index (χ2n) is 9.81. The summed E-state index contributed by atoms with van der Waals surface area (Å²) < 4.78 is 16.4. The first-order valence-electron chi connectivity index (χ1n) is 12.4. The molecule has 0 spiro atoms. The second-order valence-corrected chi connectivity index (χ2v) is 9.81. The molecule has 8 nitrogen and oxygen atoms in total. The number of esters is 1. The van der Waals surface area contributed by atoms with E-state index in [1.165, 1.54) is 7.11 Å². The van der Waals surface area contributed by atoms with Crippen LogP contribution in [0.4, 0.5) is 4.79 Å². The minimum atomic E-state index is -0.791. The van der Waals surface area contributed by atoms with Gasteiger partial charge < -0.3 is 24.4 Å². The van der Waals surface area contributed by atoms with Crippen molar-refractivity contribution >= 4 is 18.0 Å². The SMILES string of the molecule is CC[C@H](C)[C@@H]([C@@H](CC(=O)OCC(C)C)OC)N(C)C(=O)[C@@H](NC(=O)OCc1ccccc1)C(C)C. The average Bonchev–Trinajstić information content (AvgIpc) is 2.83. The third kappa shape index (κ3) is 10.3. The van der Waals surface area contributed by atoms with Gasteiger partial charge in [-0.15, -0.1) is 0 Å². The number of carbonyl (C=O) groups is 3. The summed E-state index contributed by atoms with van der Waals surface area (Å²) in [4.78, 5) is 40.1. The Balaban J connectivity index is 2.95. The summed E-state index contributed by atoms with van der Waals surface area (Å²) in [6.45, 7) is 12.2. The van der Waals surface area contributed by atoms with Crippen molar-refractivity contribution in [2.75, 3.05) is 20.8 Å². The molecule has 0 heterocycles. The summed E-state index contributed by atoms with van der Waals surface area (Å²) in [5.41, 5.74) is 0.858. The molecule has 0 saturated heterocycles. The number of hydrogen-bond acceptors (Lipinski definition) is 6. The Hall–Kier alpha value is -2.61. The number of likely N-dealkylation sites (N-methyl/N-ethyl adjacent to an activating group) is 1. The van der Waals surface area contributed by atoms with Crippen molar-refractivity contribution in [1.29, 1.82) is 0 Å². The first-order valence-corrected chi connectivity index (χ1v) is 12.4. The Bertz CT molecular complexity index is 783. The summed E-state index contributed by atoms with van der Waals surface area (Å²) in [5, 5.41) is 2.72. The van der Waals surface area contributed by atoms with Crippen molar-refractivity contribution in [1.82, 2.24) is 10.2 Å². The molecule has 1 aromatic rings. The molecule has 0 aliphatic rings. The minimum Gasteiger partial charge on any atom is -0.465 e. The van der Waals surface area contributed by atoms with Crippen LogP contribution < -0.4 is 5.32 Å². The lowest BCUT2D eigenvalue weighted by atomic mass is 9.90. The molecule has 2 amide bonds. The largest absolute Gasteiger partial charge is 0.465 e. The van der Waals surface area contributed by atoms with Gasteiger partial charge in [-0.3, -0.25) is 9.59 Å². The standard InChI is InChI=1S/C27H44N2O6/c1-9-20(6)25(22(33-8)15-23(30)34-16-18(2)3)29(7)26(31)24(19(4)5)28-27(32)35-17-21-13-11-10-12-14-21/h10-14,18-20,22,24-25H,9,15-17H2,1-8H3,(H,28,32)/t20-,22+,24-,25-/m0/s1. The maximum absolute atomic E-state index is 13.6. The number of benzene rings is 1. The maximum Gasteiger partial charge on any atom is 0.408 e. The number of carbonyl (C=O) groups excluding carboxylic acids is 3. The van der Waals surface area contributed by atoms with Gasteiger partial charge in [-0.2, -0.15) is 0 Å². The molecule has 35 heavy (non-hydrogen) atoms. The molecule has 0 saturated carbocycles. The highest BCUT2D eigenvalue weighted by atomic mass is 16.5. The fraction of sp³-hybridized carbons (Fsp3) is 0.667. The minimum absolute atomic E-state index is 0.0364. The Morgan fingerprint density at radius 3 is 2.14 bits per heavy atom. The first kappa shape index (κ1) is 30.4. The van der Waals surface area contributed by atoms with E-state index in [-0.39, 0.29) is 48.7 Å². The van der Waals surface area contributed by atoms with E-state index in [0.29, 0.717) is 6.61 Å². The van der Waals surface area contributed by atoms with Gasteiger partial charge in [-0.1, -0.05) is 78.3 Å². The van der Waals surface area contributed by atoms with Gasteiger partial charge in [0.1, 0.15) is 12.6 Å². The lowest BCUT2D eigenvalue weighted by Crippen LogP contribution is -2.57. The van der Waals surface area contributed by atoms with Crippen LogP contribution in [0.25, 0.3) is 0 Å². The molecular formula is C27H44N2O6. The zero-order valence-electron chi connectivity index (χ0n) is 22.6. The van der Waals surface area contributed by atoms with Crippen molar-refractivity contribution in [3.05, 3.63) is 35.9 Å². The Labute approximate surface area is 210 Å².